The van der Waals surface area contributed by atoms with Crippen molar-refractivity contribution in [2.24, 2.45) is 0 Å². The Bertz CT molecular complexity index is 1110. The Morgan fingerprint density at radius 1 is 1.11 bits per heavy atom. The van der Waals surface area contributed by atoms with E-state index in [4.69, 9.17) is 20.9 Å². The van der Waals surface area contributed by atoms with Gasteiger partial charge in [0.1, 0.15) is 10.6 Å². The fraction of sp³-hybridized carbons (Fsp3) is 0.211. The smallest absolute Gasteiger partial charge is 0.265 e. The summed E-state index contributed by atoms with van der Waals surface area (Å²) in [5.74, 6) is 0.725. The number of rotatable bonds is 5. The first-order valence-corrected chi connectivity index (χ1v) is 9.99. The van der Waals surface area contributed by atoms with Crippen LogP contribution in [0, 0.1) is 20.8 Å². The van der Waals surface area contributed by atoms with Gasteiger partial charge in [-0.1, -0.05) is 22.8 Å². The summed E-state index contributed by atoms with van der Waals surface area (Å²) in [4.78, 5) is -0.0207. The first-order valence-electron chi connectivity index (χ1n) is 8.13. The van der Waals surface area contributed by atoms with Crippen molar-refractivity contribution < 1.29 is 17.7 Å². The molecule has 0 saturated heterocycles. The molecule has 3 aromatic rings. The average molecular weight is 407 g/mol. The lowest BCUT2D eigenvalue weighted by Crippen LogP contribution is -2.14. The molecule has 0 aliphatic heterocycles. The topological polar surface area (TPSA) is 81.4 Å². The van der Waals surface area contributed by atoms with Crippen LogP contribution in [0.2, 0.25) is 5.02 Å². The van der Waals surface area contributed by atoms with Crippen LogP contribution in [-0.2, 0) is 10.0 Å². The molecule has 0 radical (unpaired) electrons. The number of hydrogen-bond acceptors (Lipinski definition) is 5. The van der Waals surface area contributed by atoms with Crippen molar-refractivity contribution in [2.75, 3.05) is 11.8 Å². The minimum Gasteiger partial charge on any atom is -0.495 e. The molecule has 0 bridgehead atoms. The summed E-state index contributed by atoms with van der Waals surface area (Å²) in [6.07, 6.45) is 0. The second-order valence-electron chi connectivity index (χ2n) is 6.18. The lowest BCUT2D eigenvalue weighted by Gasteiger charge is -2.14. The molecule has 1 N–H and O–H groups in total. The Hall–Kier alpha value is -2.51. The van der Waals surface area contributed by atoms with E-state index in [1.165, 1.54) is 13.2 Å². The van der Waals surface area contributed by atoms with Crippen LogP contribution in [0.1, 0.15) is 16.8 Å². The monoisotopic (exact) mass is 406 g/mol. The molecule has 0 aliphatic carbocycles. The highest BCUT2D eigenvalue weighted by Gasteiger charge is 2.23. The Labute approximate surface area is 163 Å². The standard InChI is InChI=1S/C19H19ClN2O4S/c1-11-5-7-16(15(20)9-11)22-27(23,24)18-10-14(6-8-17(18)25-4)19-12(2)13(3)21-26-19/h5-10,22H,1-4H3. The molecular weight excluding hydrogens is 388 g/mol. The van der Waals surface area contributed by atoms with Gasteiger partial charge in [0.05, 0.1) is 23.5 Å². The molecule has 1 heterocycles. The number of methoxy groups -OCH3 is 1. The number of nitrogens with zero attached hydrogens (tertiary/aromatic N) is 1. The van der Waals surface area contributed by atoms with Crippen LogP contribution in [0.3, 0.4) is 0 Å². The average Bonchev–Trinajstić information content (AvgIpc) is 2.96. The van der Waals surface area contributed by atoms with Gasteiger partial charge in [-0.05, 0) is 56.7 Å². The number of ether oxygens (including phenoxy) is 1. The number of halogens is 1. The normalized spacial score (nSPS) is 11.4. The van der Waals surface area contributed by atoms with Crippen molar-refractivity contribution >= 4 is 27.3 Å². The highest BCUT2D eigenvalue weighted by molar-refractivity contribution is 7.92. The highest BCUT2D eigenvalue weighted by atomic mass is 35.5. The molecule has 0 atom stereocenters. The lowest BCUT2D eigenvalue weighted by molar-refractivity contribution is 0.402. The second kappa shape index (κ2) is 7.25. The van der Waals surface area contributed by atoms with Crippen molar-refractivity contribution in [2.45, 2.75) is 25.7 Å². The number of aryl methyl sites for hydroxylation is 2. The quantitative estimate of drug-likeness (QED) is 0.662. The van der Waals surface area contributed by atoms with Crippen LogP contribution in [0.5, 0.6) is 5.75 Å². The third-order valence-electron chi connectivity index (χ3n) is 4.24. The first-order chi connectivity index (χ1) is 12.7. The molecule has 8 heteroatoms. The Morgan fingerprint density at radius 3 is 2.44 bits per heavy atom. The summed E-state index contributed by atoms with van der Waals surface area (Å²) in [6, 6.07) is 9.89. The van der Waals surface area contributed by atoms with Gasteiger partial charge < -0.3 is 9.26 Å². The molecule has 142 valence electrons. The summed E-state index contributed by atoms with van der Waals surface area (Å²) in [5.41, 5.74) is 3.40. The Balaban J connectivity index is 2.08. The summed E-state index contributed by atoms with van der Waals surface area (Å²) in [5, 5.41) is 4.24. The molecule has 0 saturated carbocycles. The summed E-state index contributed by atoms with van der Waals surface area (Å²) >= 11 is 6.17. The molecule has 0 unspecified atom stereocenters. The zero-order chi connectivity index (χ0) is 19.8. The van der Waals surface area contributed by atoms with Gasteiger partial charge in [-0.15, -0.1) is 0 Å². The molecule has 3 rings (SSSR count). The number of anilines is 1. The maximum Gasteiger partial charge on any atom is 0.265 e. The van der Waals surface area contributed by atoms with Gasteiger partial charge in [0.25, 0.3) is 10.0 Å². The van der Waals surface area contributed by atoms with Crippen molar-refractivity contribution in [1.82, 2.24) is 5.16 Å². The fourth-order valence-electron chi connectivity index (χ4n) is 2.62. The molecule has 0 spiro atoms. The minimum atomic E-state index is -3.95. The SMILES string of the molecule is COc1ccc(-c2onc(C)c2C)cc1S(=O)(=O)Nc1ccc(C)cc1Cl. The molecular formula is C19H19ClN2O4S. The maximum absolute atomic E-state index is 13.0. The van der Waals surface area contributed by atoms with E-state index >= 15 is 0 Å². The molecule has 2 aromatic carbocycles. The van der Waals surface area contributed by atoms with Gasteiger partial charge in [0, 0.05) is 11.1 Å². The highest BCUT2D eigenvalue weighted by Crippen LogP contribution is 2.34. The van der Waals surface area contributed by atoms with Gasteiger partial charge in [0.15, 0.2) is 5.76 Å². The predicted octanol–water partition coefficient (Wildman–Crippen LogP) is 4.73. The van der Waals surface area contributed by atoms with Gasteiger partial charge in [-0.2, -0.15) is 0 Å². The van der Waals surface area contributed by atoms with E-state index in [1.807, 2.05) is 20.8 Å². The van der Waals surface area contributed by atoms with Gasteiger partial charge >= 0.3 is 0 Å². The van der Waals surface area contributed by atoms with Crippen LogP contribution in [0.25, 0.3) is 11.3 Å². The largest absolute Gasteiger partial charge is 0.495 e. The van der Waals surface area contributed by atoms with Gasteiger partial charge in [0.2, 0.25) is 0 Å². The van der Waals surface area contributed by atoms with Crippen LogP contribution in [0.15, 0.2) is 45.8 Å². The molecule has 0 amide bonds. The Kier molecular flexibility index (Phi) is 5.17. The zero-order valence-corrected chi connectivity index (χ0v) is 16.9. The number of hydrogen-bond donors (Lipinski definition) is 1. The zero-order valence-electron chi connectivity index (χ0n) is 15.3. The molecule has 27 heavy (non-hydrogen) atoms. The fourth-order valence-corrected chi connectivity index (χ4v) is 4.23. The minimum absolute atomic E-state index is 0.0207. The van der Waals surface area contributed by atoms with Gasteiger partial charge in [-0.25, -0.2) is 8.42 Å². The van der Waals surface area contributed by atoms with E-state index in [1.54, 1.807) is 30.3 Å². The van der Waals surface area contributed by atoms with E-state index in [0.717, 1.165) is 16.8 Å². The van der Waals surface area contributed by atoms with E-state index < -0.39 is 10.0 Å². The van der Waals surface area contributed by atoms with Crippen molar-refractivity contribution in [3.05, 3.63) is 58.2 Å². The van der Waals surface area contributed by atoms with Crippen LogP contribution in [0.4, 0.5) is 5.69 Å². The second-order valence-corrected chi connectivity index (χ2v) is 8.23. The molecule has 0 aliphatic rings. The number of benzene rings is 2. The lowest BCUT2D eigenvalue weighted by atomic mass is 10.1. The van der Waals surface area contributed by atoms with Crippen molar-refractivity contribution in [3.8, 4) is 17.1 Å². The van der Waals surface area contributed by atoms with Crippen molar-refractivity contribution in [3.63, 3.8) is 0 Å². The summed E-state index contributed by atoms with van der Waals surface area (Å²) < 4.78 is 39.1. The third-order valence-corrected chi connectivity index (χ3v) is 5.94. The van der Waals surface area contributed by atoms with E-state index in [9.17, 15) is 8.42 Å². The van der Waals surface area contributed by atoms with Gasteiger partial charge in [-0.3, -0.25) is 4.72 Å². The van der Waals surface area contributed by atoms with Crippen LogP contribution in [-0.4, -0.2) is 20.7 Å². The molecule has 0 fully saturated rings. The third kappa shape index (κ3) is 3.79. The van der Waals surface area contributed by atoms with E-state index in [2.05, 4.69) is 9.88 Å². The van der Waals surface area contributed by atoms with Crippen molar-refractivity contribution in [1.29, 1.82) is 0 Å². The number of aromatic nitrogens is 1. The molecule has 1 aromatic heterocycles. The maximum atomic E-state index is 13.0. The van der Waals surface area contributed by atoms with E-state index in [0.29, 0.717) is 22.0 Å². The summed E-state index contributed by atoms with van der Waals surface area (Å²) in [6.45, 7) is 5.56. The first kappa shape index (κ1) is 19.3. The van der Waals surface area contributed by atoms with Crippen LogP contribution < -0.4 is 9.46 Å². The molecule has 6 nitrogen and oxygen atoms in total. The number of nitrogens with one attached hydrogen (secondary N) is 1. The number of sulfonamides is 1. The Morgan fingerprint density at radius 2 is 1.85 bits per heavy atom. The van der Waals surface area contributed by atoms with E-state index in [-0.39, 0.29) is 10.6 Å². The predicted molar refractivity (Wildman–Crippen MR) is 105 cm³/mol. The van der Waals surface area contributed by atoms with Crippen LogP contribution >= 0.6 is 11.6 Å². The summed E-state index contributed by atoms with van der Waals surface area (Å²) in [7, 11) is -2.54.